The smallest absolute Gasteiger partial charge is 0.124 e. The maximum absolute atomic E-state index is 9.92. The van der Waals surface area contributed by atoms with Crippen molar-refractivity contribution < 1.29 is 9.84 Å². The quantitative estimate of drug-likeness (QED) is 0.866. The van der Waals surface area contributed by atoms with Crippen LogP contribution in [0.3, 0.4) is 0 Å². The highest BCUT2D eigenvalue weighted by molar-refractivity contribution is 5.37. The Kier molecular flexibility index (Phi) is 4.25. The molecule has 1 aliphatic rings. The van der Waals surface area contributed by atoms with Gasteiger partial charge in [0.2, 0.25) is 0 Å². The minimum atomic E-state index is -0.328. The van der Waals surface area contributed by atoms with Crippen molar-refractivity contribution in [3.05, 3.63) is 29.3 Å². The van der Waals surface area contributed by atoms with Crippen LogP contribution in [0.15, 0.2) is 18.2 Å². The predicted molar refractivity (Wildman–Crippen MR) is 72.7 cm³/mol. The van der Waals surface area contributed by atoms with Crippen LogP contribution in [-0.2, 0) is 0 Å². The summed E-state index contributed by atoms with van der Waals surface area (Å²) in [6.45, 7) is 4.00. The summed E-state index contributed by atoms with van der Waals surface area (Å²) < 4.78 is 5.94. The van der Waals surface area contributed by atoms with Crippen molar-refractivity contribution in [3.8, 4) is 5.75 Å². The zero-order chi connectivity index (χ0) is 13.1. The molecule has 3 nitrogen and oxygen atoms in total. The third-order valence-electron chi connectivity index (χ3n) is 3.67. The molecule has 2 rings (SSSR count). The lowest BCUT2D eigenvalue weighted by atomic mass is 9.94. The van der Waals surface area contributed by atoms with Gasteiger partial charge in [0.1, 0.15) is 11.9 Å². The largest absolute Gasteiger partial charge is 0.487 e. The molecule has 0 bridgehead atoms. The van der Waals surface area contributed by atoms with Crippen LogP contribution < -0.4 is 10.5 Å². The first-order chi connectivity index (χ1) is 8.58. The molecule has 18 heavy (non-hydrogen) atoms. The second-order valence-corrected chi connectivity index (χ2v) is 5.32. The number of benzene rings is 1. The summed E-state index contributed by atoms with van der Waals surface area (Å²) in [6.07, 6.45) is 3.64. The fourth-order valence-electron chi connectivity index (χ4n) is 2.47. The molecule has 1 fully saturated rings. The third kappa shape index (κ3) is 3.03. The Morgan fingerprint density at radius 3 is 2.67 bits per heavy atom. The van der Waals surface area contributed by atoms with Crippen molar-refractivity contribution in [1.82, 2.24) is 0 Å². The topological polar surface area (TPSA) is 55.5 Å². The summed E-state index contributed by atoms with van der Waals surface area (Å²) in [5.74, 6) is 0.866. The number of nitrogens with two attached hydrogens (primary N) is 1. The Hall–Kier alpha value is -1.06. The number of hydrogen-bond donors (Lipinski definition) is 2. The fraction of sp³-hybridized carbons (Fsp3) is 0.600. The van der Waals surface area contributed by atoms with E-state index in [1.165, 1.54) is 0 Å². The molecule has 0 amide bonds. The van der Waals surface area contributed by atoms with Gasteiger partial charge in [0.05, 0.1) is 6.10 Å². The number of aryl methyl sites for hydroxylation is 1. The van der Waals surface area contributed by atoms with Gasteiger partial charge in [-0.1, -0.05) is 18.6 Å². The molecule has 3 heteroatoms. The van der Waals surface area contributed by atoms with Gasteiger partial charge < -0.3 is 15.6 Å². The van der Waals surface area contributed by atoms with E-state index in [1.807, 2.05) is 26.0 Å². The Labute approximate surface area is 109 Å². The third-order valence-corrected chi connectivity index (χ3v) is 3.67. The minimum Gasteiger partial charge on any atom is -0.487 e. The van der Waals surface area contributed by atoms with Gasteiger partial charge in [-0.05, 0) is 50.3 Å². The molecule has 0 spiro atoms. The van der Waals surface area contributed by atoms with E-state index in [1.54, 1.807) is 0 Å². The molecule has 0 heterocycles. The standard InChI is InChI=1S/C15H23NO2/c1-10-9-12(11(2)16)7-8-14(10)18-15-6-4-3-5-13(15)17/h7-9,11,13,15,17H,3-6,16H2,1-2H3. The second-order valence-electron chi connectivity index (χ2n) is 5.32. The molecule has 0 aliphatic heterocycles. The van der Waals surface area contributed by atoms with E-state index in [4.69, 9.17) is 10.5 Å². The molecule has 1 aromatic rings. The van der Waals surface area contributed by atoms with Gasteiger partial charge in [-0.25, -0.2) is 0 Å². The zero-order valence-corrected chi connectivity index (χ0v) is 11.2. The van der Waals surface area contributed by atoms with E-state index in [0.29, 0.717) is 0 Å². The highest BCUT2D eigenvalue weighted by Gasteiger charge is 2.25. The summed E-state index contributed by atoms with van der Waals surface area (Å²) in [5.41, 5.74) is 8.06. The first-order valence-electron chi connectivity index (χ1n) is 6.79. The molecule has 0 radical (unpaired) electrons. The molecular formula is C15H23NO2. The molecule has 1 aliphatic carbocycles. The van der Waals surface area contributed by atoms with Crippen molar-refractivity contribution >= 4 is 0 Å². The van der Waals surface area contributed by atoms with Gasteiger partial charge in [0.15, 0.2) is 0 Å². The molecule has 0 saturated heterocycles. The Morgan fingerprint density at radius 1 is 1.33 bits per heavy atom. The SMILES string of the molecule is Cc1cc(C(C)N)ccc1OC1CCCCC1O. The summed E-state index contributed by atoms with van der Waals surface area (Å²) in [6, 6.07) is 6.07. The van der Waals surface area contributed by atoms with E-state index in [-0.39, 0.29) is 18.2 Å². The van der Waals surface area contributed by atoms with Gasteiger partial charge in [0, 0.05) is 6.04 Å². The van der Waals surface area contributed by atoms with E-state index >= 15 is 0 Å². The Bertz CT molecular complexity index is 403. The summed E-state index contributed by atoms with van der Waals surface area (Å²) in [7, 11) is 0. The predicted octanol–water partition coefficient (Wildman–Crippen LogP) is 2.70. The van der Waals surface area contributed by atoms with E-state index < -0.39 is 0 Å². The molecule has 3 N–H and O–H groups in total. The van der Waals surface area contributed by atoms with Crippen LogP contribution in [0.4, 0.5) is 0 Å². The van der Waals surface area contributed by atoms with Crippen molar-refractivity contribution in [1.29, 1.82) is 0 Å². The number of ether oxygens (including phenoxy) is 1. The number of rotatable bonds is 3. The summed E-state index contributed by atoms with van der Waals surface area (Å²) >= 11 is 0. The lowest BCUT2D eigenvalue weighted by Gasteiger charge is -2.29. The average Bonchev–Trinajstić information content (AvgIpc) is 2.34. The first-order valence-corrected chi connectivity index (χ1v) is 6.79. The molecular weight excluding hydrogens is 226 g/mol. The zero-order valence-electron chi connectivity index (χ0n) is 11.2. The fourth-order valence-corrected chi connectivity index (χ4v) is 2.47. The molecule has 1 aromatic carbocycles. The molecule has 3 unspecified atom stereocenters. The maximum Gasteiger partial charge on any atom is 0.124 e. The van der Waals surface area contributed by atoms with Crippen molar-refractivity contribution in [3.63, 3.8) is 0 Å². The lowest BCUT2D eigenvalue weighted by Crippen LogP contribution is -2.34. The van der Waals surface area contributed by atoms with Crippen LogP contribution in [0.2, 0.25) is 0 Å². The van der Waals surface area contributed by atoms with Crippen LogP contribution in [-0.4, -0.2) is 17.3 Å². The van der Waals surface area contributed by atoms with Gasteiger partial charge in [-0.2, -0.15) is 0 Å². The van der Waals surface area contributed by atoms with E-state index in [0.717, 1.165) is 42.6 Å². The Morgan fingerprint density at radius 2 is 2.06 bits per heavy atom. The van der Waals surface area contributed by atoms with Gasteiger partial charge >= 0.3 is 0 Å². The summed E-state index contributed by atoms with van der Waals surface area (Å²) in [5, 5.41) is 9.92. The minimum absolute atomic E-state index is 0.0398. The number of aliphatic hydroxyl groups excluding tert-OH is 1. The first kappa shape index (κ1) is 13.4. The van der Waals surface area contributed by atoms with Crippen molar-refractivity contribution in [2.75, 3.05) is 0 Å². The normalized spacial score (nSPS) is 25.8. The van der Waals surface area contributed by atoms with Crippen LogP contribution >= 0.6 is 0 Å². The molecule has 3 atom stereocenters. The average molecular weight is 249 g/mol. The van der Waals surface area contributed by atoms with Gasteiger partial charge in [0.25, 0.3) is 0 Å². The maximum atomic E-state index is 9.92. The highest BCUT2D eigenvalue weighted by atomic mass is 16.5. The molecule has 1 saturated carbocycles. The molecule has 0 aromatic heterocycles. The van der Waals surface area contributed by atoms with E-state index in [9.17, 15) is 5.11 Å². The summed E-state index contributed by atoms with van der Waals surface area (Å²) in [4.78, 5) is 0. The monoisotopic (exact) mass is 249 g/mol. The van der Waals surface area contributed by atoms with E-state index in [2.05, 4.69) is 6.07 Å². The van der Waals surface area contributed by atoms with Gasteiger partial charge in [-0.15, -0.1) is 0 Å². The molecule has 100 valence electrons. The van der Waals surface area contributed by atoms with Crippen molar-refractivity contribution in [2.45, 2.75) is 57.8 Å². The van der Waals surface area contributed by atoms with Crippen LogP contribution in [0.5, 0.6) is 5.75 Å². The highest BCUT2D eigenvalue weighted by Crippen LogP contribution is 2.27. The number of aliphatic hydroxyl groups is 1. The lowest BCUT2D eigenvalue weighted by molar-refractivity contribution is 0.00653. The Balaban J connectivity index is 2.09. The van der Waals surface area contributed by atoms with Crippen molar-refractivity contribution in [2.24, 2.45) is 5.73 Å². The van der Waals surface area contributed by atoms with Crippen LogP contribution in [0.25, 0.3) is 0 Å². The van der Waals surface area contributed by atoms with Crippen LogP contribution in [0, 0.1) is 6.92 Å². The number of hydrogen-bond acceptors (Lipinski definition) is 3. The van der Waals surface area contributed by atoms with Gasteiger partial charge in [-0.3, -0.25) is 0 Å². The second kappa shape index (κ2) is 5.72. The van der Waals surface area contributed by atoms with Crippen LogP contribution in [0.1, 0.15) is 49.8 Å².